The van der Waals surface area contributed by atoms with Gasteiger partial charge in [0, 0.05) is 19.6 Å². The maximum atomic E-state index is 13.0. The summed E-state index contributed by atoms with van der Waals surface area (Å²) in [5.74, 6) is 3.07. The van der Waals surface area contributed by atoms with E-state index in [9.17, 15) is 4.79 Å². The topological polar surface area (TPSA) is 91.8 Å². The first-order valence-electron chi connectivity index (χ1n) is 10.6. The molecule has 1 amide bonds. The van der Waals surface area contributed by atoms with Crippen molar-refractivity contribution in [2.75, 3.05) is 51.1 Å². The highest BCUT2D eigenvalue weighted by Crippen LogP contribution is 2.31. The van der Waals surface area contributed by atoms with Crippen LogP contribution in [0.4, 0.5) is 11.6 Å². The van der Waals surface area contributed by atoms with Crippen molar-refractivity contribution in [2.45, 2.75) is 32.0 Å². The van der Waals surface area contributed by atoms with Crippen LogP contribution in [0, 0.1) is 0 Å². The van der Waals surface area contributed by atoms with Crippen LogP contribution in [0.2, 0.25) is 0 Å². The van der Waals surface area contributed by atoms with Gasteiger partial charge in [0.05, 0.1) is 32.9 Å². The Labute approximate surface area is 182 Å². The Hall–Kier alpha value is -3.07. The molecule has 2 aliphatic rings. The van der Waals surface area contributed by atoms with Gasteiger partial charge >= 0.3 is 0 Å². The molecule has 0 spiro atoms. The van der Waals surface area contributed by atoms with E-state index in [2.05, 4.69) is 20.6 Å². The Bertz CT molecular complexity index is 931. The van der Waals surface area contributed by atoms with Crippen molar-refractivity contribution in [1.82, 2.24) is 20.2 Å². The fourth-order valence-corrected chi connectivity index (χ4v) is 4.28. The third-order valence-corrected chi connectivity index (χ3v) is 5.96. The molecule has 0 aliphatic carbocycles. The number of benzene rings is 1. The van der Waals surface area contributed by atoms with Gasteiger partial charge in [-0.25, -0.2) is 9.97 Å². The monoisotopic (exact) mass is 426 g/mol. The number of nitrogens with zero attached hydrogens (tertiary/aromatic N) is 4. The van der Waals surface area contributed by atoms with Gasteiger partial charge in [0.15, 0.2) is 11.5 Å². The van der Waals surface area contributed by atoms with Crippen molar-refractivity contribution in [3.8, 4) is 11.5 Å². The SMILES string of the molecule is COc1ccc(CNc2ncnc3c2CN(C2CCNCC2)C(=O)CN3C)cc1OC. The highest BCUT2D eigenvalue weighted by Gasteiger charge is 2.32. The number of amides is 1. The summed E-state index contributed by atoms with van der Waals surface area (Å²) in [5, 5.41) is 6.81. The van der Waals surface area contributed by atoms with E-state index in [1.165, 1.54) is 0 Å². The summed E-state index contributed by atoms with van der Waals surface area (Å²) < 4.78 is 10.7. The van der Waals surface area contributed by atoms with Crippen molar-refractivity contribution < 1.29 is 14.3 Å². The van der Waals surface area contributed by atoms with Gasteiger partial charge in [-0.1, -0.05) is 6.07 Å². The first kappa shape index (κ1) is 21.2. The van der Waals surface area contributed by atoms with Crippen molar-refractivity contribution in [3.63, 3.8) is 0 Å². The lowest BCUT2D eigenvalue weighted by Gasteiger charge is -2.34. The van der Waals surface area contributed by atoms with Crippen LogP contribution in [0.15, 0.2) is 24.5 Å². The largest absolute Gasteiger partial charge is 0.493 e. The van der Waals surface area contributed by atoms with Gasteiger partial charge in [-0.05, 0) is 43.6 Å². The van der Waals surface area contributed by atoms with E-state index in [1.54, 1.807) is 20.5 Å². The third kappa shape index (κ3) is 4.51. The number of methoxy groups -OCH3 is 2. The molecule has 2 aliphatic heterocycles. The first-order valence-corrected chi connectivity index (χ1v) is 10.6. The van der Waals surface area contributed by atoms with Crippen molar-refractivity contribution >= 4 is 17.5 Å². The van der Waals surface area contributed by atoms with Crippen LogP contribution in [-0.2, 0) is 17.9 Å². The van der Waals surface area contributed by atoms with Crippen LogP contribution in [0.3, 0.4) is 0 Å². The lowest BCUT2D eigenvalue weighted by molar-refractivity contribution is -0.133. The van der Waals surface area contributed by atoms with Crippen LogP contribution in [0.5, 0.6) is 11.5 Å². The molecule has 1 aromatic heterocycles. The second kappa shape index (κ2) is 9.38. The van der Waals surface area contributed by atoms with Crippen LogP contribution >= 0.6 is 0 Å². The van der Waals surface area contributed by atoms with Gasteiger partial charge in [0.25, 0.3) is 0 Å². The number of ether oxygens (including phenoxy) is 2. The summed E-state index contributed by atoms with van der Waals surface area (Å²) in [6, 6.07) is 6.07. The highest BCUT2D eigenvalue weighted by molar-refractivity contribution is 5.84. The van der Waals surface area contributed by atoms with Crippen LogP contribution in [-0.4, -0.2) is 67.7 Å². The number of aromatic nitrogens is 2. The molecule has 1 saturated heterocycles. The Kier molecular flexibility index (Phi) is 6.41. The minimum Gasteiger partial charge on any atom is -0.493 e. The molecule has 2 N–H and O–H groups in total. The number of fused-ring (bicyclic) bond motifs is 1. The smallest absolute Gasteiger partial charge is 0.242 e. The first-order chi connectivity index (χ1) is 15.1. The van der Waals surface area contributed by atoms with Gasteiger partial charge < -0.3 is 29.9 Å². The van der Waals surface area contributed by atoms with Crippen LogP contribution < -0.4 is 25.0 Å². The molecule has 0 unspecified atom stereocenters. The molecule has 0 saturated carbocycles. The van der Waals surface area contributed by atoms with E-state index in [1.807, 2.05) is 35.0 Å². The normalized spacial score (nSPS) is 17.2. The number of carbonyl (C=O) groups is 1. The summed E-state index contributed by atoms with van der Waals surface area (Å²) >= 11 is 0. The van der Waals surface area contributed by atoms with E-state index in [0.717, 1.165) is 48.7 Å². The fourth-order valence-electron chi connectivity index (χ4n) is 4.28. The fraction of sp³-hybridized carbons (Fsp3) is 0.500. The number of likely N-dealkylation sites (N-methyl/N-ethyl adjacent to an activating group) is 1. The summed E-state index contributed by atoms with van der Waals surface area (Å²) in [6.45, 7) is 3.27. The lowest BCUT2D eigenvalue weighted by atomic mass is 10.0. The summed E-state index contributed by atoms with van der Waals surface area (Å²) in [6.07, 6.45) is 3.48. The molecule has 9 heteroatoms. The predicted octanol–water partition coefficient (Wildman–Crippen LogP) is 1.64. The number of piperidine rings is 1. The minimum atomic E-state index is 0.137. The highest BCUT2D eigenvalue weighted by atomic mass is 16.5. The molecular weight excluding hydrogens is 396 g/mol. The van der Waals surface area contributed by atoms with Gasteiger partial charge in [-0.2, -0.15) is 0 Å². The standard InChI is InChI=1S/C22H30N6O3/c1-27-13-20(29)28(16-6-8-23-9-7-16)12-17-21(25-14-26-22(17)27)24-11-15-4-5-18(30-2)19(10-15)31-3/h4-5,10,14,16,23H,6-9,11-13H2,1-3H3,(H,24,25,26). The van der Waals surface area contributed by atoms with E-state index in [0.29, 0.717) is 31.1 Å². The van der Waals surface area contributed by atoms with Crippen molar-refractivity contribution in [3.05, 3.63) is 35.7 Å². The molecule has 2 aromatic rings. The van der Waals surface area contributed by atoms with E-state index in [4.69, 9.17) is 9.47 Å². The maximum Gasteiger partial charge on any atom is 0.242 e. The average molecular weight is 427 g/mol. The third-order valence-electron chi connectivity index (χ3n) is 5.96. The van der Waals surface area contributed by atoms with E-state index in [-0.39, 0.29) is 11.9 Å². The number of anilines is 2. The average Bonchev–Trinajstić information content (AvgIpc) is 2.94. The minimum absolute atomic E-state index is 0.137. The zero-order valence-electron chi connectivity index (χ0n) is 18.4. The molecule has 1 aromatic carbocycles. The molecule has 166 valence electrons. The Morgan fingerprint density at radius 3 is 2.65 bits per heavy atom. The van der Waals surface area contributed by atoms with E-state index >= 15 is 0 Å². The predicted molar refractivity (Wildman–Crippen MR) is 119 cm³/mol. The molecule has 0 bridgehead atoms. The van der Waals surface area contributed by atoms with Crippen molar-refractivity contribution in [2.24, 2.45) is 0 Å². The van der Waals surface area contributed by atoms with Gasteiger partial charge in [-0.3, -0.25) is 4.79 Å². The summed E-state index contributed by atoms with van der Waals surface area (Å²) in [4.78, 5) is 25.9. The lowest BCUT2D eigenvalue weighted by Crippen LogP contribution is -2.47. The number of rotatable bonds is 6. The molecule has 4 rings (SSSR count). The number of hydrogen-bond donors (Lipinski definition) is 2. The summed E-state index contributed by atoms with van der Waals surface area (Å²) in [7, 11) is 5.16. The second-order valence-electron chi connectivity index (χ2n) is 7.93. The molecule has 0 atom stereocenters. The molecular formula is C22H30N6O3. The zero-order chi connectivity index (χ0) is 21.8. The van der Waals surface area contributed by atoms with Gasteiger partial charge in [0.2, 0.25) is 5.91 Å². The Morgan fingerprint density at radius 2 is 1.90 bits per heavy atom. The molecule has 0 radical (unpaired) electrons. The van der Waals surface area contributed by atoms with Gasteiger partial charge in [0.1, 0.15) is 18.0 Å². The van der Waals surface area contributed by atoms with Gasteiger partial charge in [-0.15, -0.1) is 0 Å². The van der Waals surface area contributed by atoms with Crippen LogP contribution in [0.1, 0.15) is 24.0 Å². The molecule has 3 heterocycles. The van der Waals surface area contributed by atoms with E-state index < -0.39 is 0 Å². The Morgan fingerprint density at radius 1 is 1.13 bits per heavy atom. The number of carbonyl (C=O) groups excluding carboxylic acids is 1. The number of hydrogen-bond acceptors (Lipinski definition) is 8. The maximum absolute atomic E-state index is 13.0. The Balaban J connectivity index is 1.58. The summed E-state index contributed by atoms with van der Waals surface area (Å²) in [5.41, 5.74) is 1.99. The van der Waals surface area contributed by atoms with Crippen molar-refractivity contribution in [1.29, 1.82) is 0 Å². The molecule has 9 nitrogen and oxygen atoms in total. The zero-order valence-corrected chi connectivity index (χ0v) is 18.4. The quantitative estimate of drug-likeness (QED) is 0.720. The molecule has 31 heavy (non-hydrogen) atoms. The number of nitrogens with one attached hydrogen (secondary N) is 2. The van der Waals surface area contributed by atoms with Crippen LogP contribution in [0.25, 0.3) is 0 Å². The second-order valence-corrected chi connectivity index (χ2v) is 7.93. The molecule has 1 fully saturated rings.